The number of nitrogens with two attached hydrogens (primary N) is 1. The molecule has 0 spiro atoms. The number of phenols is 1. The number of benzene rings is 3. The third kappa shape index (κ3) is 8.02. The molecule has 0 saturated heterocycles. The van der Waals surface area contributed by atoms with Gasteiger partial charge in [0.15, 0.2) is 0 Å². The van der Waals surface area contributed by atoms with Crippen molar-refractivity contribution in [3.8, 4) is 5.75 Å². The molecular weight excluding hydrogens is 612 g/mol. The number of rotatable bonds is 14. The van der Waals surface area contributed by atoms with Gasteiger partial charge in [-0.1, -0.05) is 62.4 Å². The third-order valence-electron chi connectivity index (χ3n) is 8.48. The van der Waals surface area contributed by atoms with E-state index >= 15 is 0 Å². The highest BCUT2D eigenvalue weighted by atomic mass is 16.4. The second kappa shape index (κ2) is 14.9. The molecule has 0 bridgehead atoms. The molecule has 0 radical (unpaired) electrons. The van der Waals surface area contributed by atoms with E-state index in [0.29, 0.717) is 5.56 Å². The van der Waals surface area contributed by atoms with Crippen LogP contribution in [0.1, 0.15) is 30.5 Å². The van der Waals surface area contributed by atoms with Crippen LogP contribution < -0.4 is 21.7 Å². The normalized spacial score (nSPS) is 13.9. The van der Waals surface area contributed by atoms with E-state index in [1.54, 1.807) is 38.4 Å². The molecule has 4 atom stereocenters. The van der Waals surface area contributed by atoms with E-state index in [9.17, 15) is 29.4 Å². The lowest BCUT2D eigenvalue weighted by atomic mass is 9.99. The first-order valence-corrected chi connectivity index (χ1v) is 15.8. The number of hydrogen-bond donors (Lipinski definition) is 8. The number of H-pyrrole nitrogens is 2. The Hall–Kier alpha value is -5.62. The zero-order valence-corrected chi connectivity index (χ0v) is 26.7. The van der Waals surface area contributed by atoms with Crippen LogP contribution in [0.4, 0.5) is 0 Å². The highest BCUT2D eigenvalue weighted by Crippen LogP contribution is 2.21. The molecule has 0 saturated carbocycles. The van der Waals surface area contributed by atoms with Crippen molar-refractivity contribution >= 4 is 45.5 Å². The number of carbonyl (C=O) groups is 4. The molecule has 2 aromatic heterocycles. The average Bonchev–Trinajstić information content (AvgIpc) is 3.68. The SMILES string of the molecule is CC(C)C(N)C(=O)NC(Cc1c[nH]c2ccccc12)C(=O)NC(Cc1c[nH]c2ccccc12)C(=O)NC(Cc1ccc(O)cc1)C(=O)O. The van der Waals surface area contributed by atoms with Gasteiger partial charge in [0.1, 0.15) is 23.9 Å². The summed E-state index contributed by atoms with van der Waals surface area (Å²) in [5.41, 5.74) is 9.92. The van der Waals surface area contributed by atoms with Crippen molar-refractivity contribution in [2.75, 3.05) is 0 Å². The Kier molecular flexibility index (Phi) is 10.4. The van der Waals surface area contributed by atoms with Gasteiger partial charge in [-0.25, -0.2) is 4.79 Å². The van der Waals surface area contributed by atoms with Gasteiger partial charge in [0.2, 0.25) is 17.7 Å². The second-order valence-corrected chi connectivity index (χ2v) is 12.3. The second-order valence-electron chi connectivity index (χ2n) is 12.3. The van der Waals surface area contributed by atoms with E-state index < -0.39 is 47.9 Å². The first-order chi connectivity index (χ1) is 23.0. The topological polar surface area (TPSA) is 202 Å². The molecule has 3 aromatic carbocycles. The Morgan fingerprint density at radius 2 is 1.12 bits per heavy atom. The molecule has 48 heavy (non-hydrogen) atoms. The highest BCUT2D eigenvalue weighted by molar-refractivity contribution is 5.95. The summed E-state index contributed by atoms with van der Waals surface area (Å²) in [5, 5.41) is 29.5. The van der Waals surface area contributed by atoms with Crippen LogP contribution >= 0.6 is 0 Å². The first kappa shape index (κ1) is 33.7. The van der Waals surface area contributed by atoms with Gasteiger partial charge in [0, 0.05) is 53.5 Å². The minimum absolute atomic E-state index is 0.0276. The van der Waals surface area contributed by atoms with E-state index in [1.807, 2.05) is 48.5 Å². The molecule has 5 aromatic rings. The maximum absolute atomic E-state index is 14.1. The molecule has 250 valence electrons. The van der Waals surface area contributed by atoms with E-state index in [2.05, 4.69) is 25.9 Å². The number of para-hydroxylation sites is 2. The molecule has 12 nitrogen and oxygen atoms in total. The van der Waals surface area contributed by atoms with Crippen LogP contribution in [0, 0.1) is 5.92 Å². The molecule has 12 heteroatoms. The van der Waals surface area contributed by atoms with E-state index in [1.165, 1.54) is 12.1 Å². The Morgan fingerprint density at radius 3 is 1.60 bits per heavy atom. The fourth-order valence-corrected chi connectivity index (χ4v) is 5.64. The van der Waals surface area contributed by atoms with Crippen LogP contribution in [0.5, 0.6) is 5.75 Å². The van der Waals surface area contributed by atoms with Crippen LogP contribution in [-0.2, 0) is 38.4 Å². The van der Waals surface area contributed by atoms with E-state index in [4.69, 9.17) is 5.73 Å². The number of fused-ring (bicyclic) bond motifs is 2. The minimum Gasteiger partial charge on any atom is -0.508 e. The van der Waals surface area contributed by atoms with Gasteiger partial charge in [-0.05, 0) is 46.9 Å². The lowest BCUT2D eigenvalue weighted by Gasteiger charge is -2.26. The molecule has 9 N–H and O–H groups in total. The number of aromatic hydroxyl groups is 1. The minimum atomic E-state index is -1.32. The highest BCUT2D eigenvalue weighted by Gasteiger charge is 2.32. The average molecular weight is 653 g/mol. The number of phenolic OH excluding ortho intramolecular Hbond substituents is 1. The van der Waals surface area contributed by atoms with E-state index in [0.717, 1.165) is 32.9 Å². The first-order valence-electron chi connectivity index (χ1n) is 15.8. The number of nitrogens with one attached hydrogen (secondary N) is 5. The summed E-state index contributed by atoms with van der Waals surface area (Å²) in [6.45, 7) is 3.61. The number of carboxylic acid groups (broad SMARTS) is 1. The summed E-state index contributed by atoms with van der Waals surface area (Å²) in [4.78, 5) is 59.7. The van der Waals surface area contributed by atoms with Crippen LogP contribution in [0.3, 0.4) is 0 Å². The van der Waals surface area contributed by atoms with Gasteiger partial charge in [0.05, 0.1) is 6.04 Å². The third-order valence-corrected chi connectivity index (χ3v) is 8.48. The van der Waals surface area contributed by atoms with Gasteiger partial charge in [0.25, 0.3) is 0 Å². The van der Waals surface area contributed by atoms with Crippen molar-refractivity contribution in [2.45, 2.75) is 57.3 Å². The summed E-state index contributed by atoms with van der Waals surface area (Å²) in [5.74, 6) is -3.28. The van der Waals surface area contributed by atoms with Crippen LogP contribution in [0.2, 0.25) is 0 Å². The standard InChI is InChI=1S/C36H40N6O6/c1-20(2)32(37)35(46)41-30(17-23-19-39-28-10-6-4-8-26(23)28)33(44)40-29(16-22-18-38-27-9-5-3-7-25(22)27)34(45)42-31(36(47)48)15-21-11-13-24(43)14-12-21/h3-14,18-20,29-32,38-39,43H,15-17,37H2,1-2H3,(H,40,44)(H,41,46)(H,42,45)(H,47,48). The Bertz CT molecular complexity index is 1910. The van der Waals surface area contributed by atoms with Crippen molar-refractivity contribution in [2.24, 2.45) is 11.7 Å². The number of carbonyl (C=O) groups excluding carboxylic acids is 3. The quantitative estimate of drug-likeness (QED) is 0.0901. The van der Waals surface area contributed by atoms with Gasteiger partial charge in [-0.2, -0.15) is 0 Å². The van der Waals surface area contributed by atoms with Crippen molar-refractivity contribution in [3.63, 3.8) is 0 Å². The Labute approximate surface area is 277 Å². The number of aromatic amines is 2. The molecule has 5 rings (SSSR count). The van der Waals surface area contributed by atoms with E-state index in [-0.39, 0.29) is 30.9 Å². The number of aliphatic carboxylic acids is 1. The van der Waals surface area contributed by atoms with Gasteiger partial charge in [-0.3, -0.25) is 14.4 Å². The number of carboxylic acids is 1. The van der Waals surface area contributed by atoms with Crippen molar-refractivity contribution in [3.05, 3.63) is 102 Å². The van der Waals surface area contributed by atoms with Crippen LogP contribution in [0.25, 0.3) is 21.8 Å². The lowest BCUT2D eigenvalue weighted by molar-refractivity contribution is -0.142. The van der Waals surface area contributed by atoms with Crippen molar-refractivity contribution in [1.82, 2.24) is 25.9 Å². The molecule has 2 heterocycles. The Balaban J connectivity index is 1.44. The molecule has 0 aliphatic heterocycles. The zero-order chi connectivity index (χ0) is 34.4. The zero-order valence-electron chi connectivity index (χ0n) is 26.7. The largest absolute Gasteiger partial charge is 0.508 e. The molecule has 0 aliphatic carbocycles. The van der Waals surface area contributed by atoms with Gasteiger partial charge >= 0.3 is 5.97 Å². The van der Waals surface area contributed by atoms with Gasteiger partial charge < -0.3 is 41.9 Å². The lowest BCUT2D eigenvalue weighted by Crippen LogP contribution is -2.58. The maximum atomic E-state index is 14.1. The predicted octanol–water partition coefficient (Wildman–Crippen LogP) is 2.91. The smallest absolute Gasteiger partial charge is 0.326 e. The van der Waals surface area contributed by atoms with Crippen LogP contribution in [-0.4, -0.2) is 68.0 Å². The summed E-state index contributed by atoms with van der Waals surface area (Å²) in [7, 11) is 0. The summed E-state index contributed by atoms with van der Waals surface area (Å²) in [6, 6.07) is 16.6. The van der Waals surface area contributed by atoms with Crippen LogP contribution in [0.15, 0.2) is 85.2 Å². The molecule has 3 amide bonds. The fraction of sp³-hybridized carbons (Fsp3) is 0.278. The molecule has 0 aliphatic rings. The predicted molar refractivity (Wildman–Crippen MR) is 182 cm³/mol. The monoisotopic (exact) mass is 652 g/mol. The van der Waals surface area contributed by atoms with Gasteiger partial charge in [-0.15, -0.1) is 0 Å². The fourth-order valence-electron chi connectivity index (χ4n) is 5.64. The maximum Gasteiger partial charge on any atom is 0.326 e. The summed E-state index contributed by atoms with van der Waals surface area (Å²) < 4.78 is 0. The molecule has 4 unspecified atom stereocenters. The number of aromatic nitrogens is 2. The summed E-state index contributed by atoms with van der Waals surface area (Å²) >= 11 is 0. The summed E-state index contributed by atoms with van der Waals surface area (Å²) in [6.07, 6.45) is 3.60. The Morgan fingerprint density at radius 1 is 0.667 bits per heavy atom. The van der Waals surface area contributed by atoms with Crippen molar-refractivity contribution < 1.29 is 29.4 Å². The molecule has 0 fully saturated rings. The number of hydrogen-bond acceptors (Lipinski definition) is 6. The molecular formula is C36H40N6O6. The van der Waals surface area contributed by atoms with Crippen molar-refractivity contribution in [1.29, 1.82) is 0 Å². The number of amides is 3.